The molecule has 0 unspecified atom stereocenters. The van der Waals surface area contributed by atoms with Crippen LogP contribution in [0.5, 0.6) is 0 Å². The van der Waals surface area contributed by atoms with Crippen molar-refractivity contribution in [2.75, 3.05) is 4.90 Å². The van der Waals surface area contributed by atoms with Crippen molar-refractivity contribution < 1.29 is 4.42 Å². The Labute approximate surface area is 397 Å². The van der Waals surface area contributed by atoms with E-state index in [9.17, 15) is 0 Å². The summed E-state index contributed by atoms with van der Waals surface area (Å²) in [5.41, 5.74) is 17.5. The Morgan fingerprint density at radius 2 is 0.985 bits per heavy atom. The number of fused-ring (bicyclic) bond motifs is 10. The molecule has 0 amide bonds. The summed E-state index contributed by atoms with van der Waals surface area (Å²) >= 11 is 1.85. The van der Waals surface area contributed by atoms with E-state index in [1.165, 1.54) is 64.7 Å². The minimum Gasteiger partial charge on any atom is -0.456 e. The quantitative estimate of drug-likeness (QED) is 0.160. The Morgan fingerprint density at radius 3 is 1.75 bits per heavy atom. The van der Waals surface area contributed by atoms with Gasteiger partial charge in [0.15, 0.2) is 0 Å². The fourth-order valence-electron chi connectivity index (χ4n) is 11.1. The number of para-hydroxylation sites is 1. The van der Waals surface area contributed by atoms with Crippen molar-refractivity contribution in [3.8, 4) is 33.4 Å². The maximum atomic E-state index is 6.19. The fourth-order valence-corrected chi connectivity index (χ4v) is 12.2. The predicted octanol–water partition coefficient (Wildman–Crippen LogP) is 17.7. The van der Waals surface area contributed by atoms with E-state index < -0.39 is 5.41 Å². The highest BCUT2D eigenvalue weighted by atomic mass is 32.1. The molecule has 4 heteroatoms. The van der Waals surface area contributed by atoms with Gasteiger partial charge in [-0.15, -0.1) is 11.3 Å². The van der Waals surface area contributed by atoms with E-state index >= 15 is 0 Å². The molecule has 0 spiro atoms. The van der Waals surface area contributed by atoms with Crippen LogP contribution in [0.15, 0.2) is 247 Å². The molecule has 0 bridgehead atoms. The average Bonchev–Trinajstić information content (AvgIpc) is 4.07. The highest BCUT2D eigenvalue weighted by Crippen LogP contribution is 2.57. The molecule has 0 fully saturated rings. The zero-order valence-electron chi connectivity index (χ0n) is 36.8. The number of rotatable bonds is 7. The lowest BCUT2D eigenvalue weighted by molar-refractivity contribution is 0.669. The molecule has 13 aromatic rings. The van der Waals surface area contributed by atoms with Gasteiger partial charge in [0.05, 0.1) is 10.9 Å². The van der Waals surface area contributed by atoms with Gasteiger partial charge in [0, 0.05) is 59.6 Å². The predicted molar refractivity (Wildman–Crippen MR) is 285 cm³/mol. The van der Waals surface area contributed by atoms with Gasteiger partial charge < -0.3 is 9.32 Å². The number of hydrogen-bond acceptors (Lipinski definition) is 4. The second kappa shape index (κ2) is 15.2. The summed E-state index contributed by atoms with van der Waals surface area (Å²) in [6.45, 7) is 0. The van der Waals surface area contributed by atoms with Crippen LogP contribution in [0.2, 0.25) is 0 Å². The van der Waals surface area contributed by atoms with E-state index in [1.807, 2.05) is 35.7 Å². The van der Waals surface area contributed by atoms with Crippen LogP contribution in [-0.2, 0) is 5.41 Å². The van der Waals surface area contributed by atoms with E-state index in [0.717, 1.165) is 61.0 Å². The van der Waals surface area contributed by atoms with Crippen LogP contribution >= 0.6 is 11.3 Å². The van der Waals surface area contributed by atoms with E-state index in [2.05, 4.69) is 223 Å². The maximum absolute atomic E-state index is 6.19. The van der Waals surface area contributed by atoms with Crippen molar-refractivity contribution in [1.29, 1.82) is 0 Å². The number of furan rings is 1. The van der Waals surface area contributed by atoms with Crippen molar-refractivity contribution >= 4 is 81.4 Å². The number of anilines is 3. The summed E-state index contributed by atoms with van der Waals surface area (Å²) in [6, 6.07) is 86.6. The Kier molecular flexibility index (Phi) is 8.67. The Balaban J connectivity index is 0.935. The summed E-state index contributed by atoms with van der Waals surface area (Å²) in [7, 11) is 0. The van der Waals surface area contributed by atoms with Gasteiger partial charge in [-0.05, 0) is 141 Å². The number of thiophene rings is 1. The molecule has 0 N–H and O–H groups in total. The van der Waals surface area contributed by atoms with Gasteiger partial charge in [0.1, 0.15) is 11.2 Å². The molecule has 0 saturated carbocycles. The number of nitrogens with zero attached hydrogens (tertiary/aromatic N) is 2. The van der Waals surface area contributed by atoms with Crippen LogP contribution in [-0.4, -0.2) is 4.98 Å². The van der Waals surface area contributed by atoms with Gasteiger partial charge >= 0.3 is 0 Å². The molecular weight excluding hydrogens is 845 g/mol. The largest absolute Gasteiger partial charge is 0.456 e. The molecule has 3 heterocycles. The van der Waals surface area contributed by atoms with E-state index in [4.69, 9.17) is 9.40 Å². The second-order valence-corrected chi connectivity index (χ2v) is 18.9. The first-order valence-corrected chi connectivity index (χ1v) is 24.0. The Bertz CT molecular complexity index is 3900. The first kappa shape index (κ1) is 38.7. The van der Waals surface area contributed by atoms with Gasteiger partial charge in [-0.3, -0.25) is 4.98 Å². The lowest BCUT2D eigenvalue weighted by Gasteiger charge is -2.35. The molecule has 1 aliphatic rings. The smallest absolute Gasteiger partial charge is 0.135 e. The molecule has 3 aromatic heterocycles. The van der Waals surface area contributed by atoms with Gasteiger partial charge in [-0.25, -0.2) is 0 Å². The number of hydrogen-bond donors (Lipinski definition) is 0. The van der Waals surface area contributed by atoms with Crippen LogP contribution in [0, 0.1) is 0 Å². The van der Waals surface area contributed by atoms with Crippen molar-refractivity contribution in [3.63, 3.8) is 0 Å². The summed E-state index contributed by atoms with van der Waals surface area (Å²) in [5, 5.41) is 5.99. The summed E-state index contributed by atoms with van der Waals surface area (Å²) in [5.74, 6) is 0. The average molecular weight is 885 g/mol. The molecular formula is C64H40N2OS. The maximum Gasteiger partial charge on any atom is 0.135 e. The molecule has 10 aromatic carbocycles. The Morgan fingerprint density at radius 1 is 0.382 bits per heavy atom. The van der Waals surface area contributed by atoms with Crippen LogP contribution < -0.4 is 4.90 Å². The molecule has 0 aliphatic heterocycles. The molecule has 1 aliphatic carbocycles. The molecule has 3 nitrogen and oxygen atoms in total. The van der Waals surface area contributed by atoms with E-state index in [1.54, 1.807) is 0 Å². The van der Waals surface area contributed by atoms with Crippen molar-refractivity contribution in [3.05, 3.63) is 265 Å². The van der Waals surface area contributed by atoms with Crippen molar-refractivity contribution in [2.24, 2.45) is 0 Å². The fraction of sp³-hybridized carbons (Fsp3) is 0.0156. The molecule has 0 atom stereocenters. The van der Waals surface area contributed by atoms with Gasteiger partial charge in [-0.1, -0.05) is 152 Å². The summed E-state index contributed by atoms with van der Waals surface area (Å²) in [6.07, 6.45) is 1.89. The first-order chi connectivity index (χ1) is 33.7. The van der Waals surface area contributed by atoms with Crippen molar-refractivity contribution in [2.45, 2.75) is 5.41 Å². The molecule has 0 radical (unpaired) electrons. The molecule has 318 valence electrons. The molecule has 14 rings (SSSR count). The number of pyridine rings is 1. The van der Waals surface area contributed by atoms with Crippen LogP contribution in [0.3, 0.4) is 0 Å². The standard InChI is InChI=1S/C64H40N2OS/c1-5-18-57-51(14-1)52-15-2-6-19-58(52)64(57,47-29-22-43-11-10-36-65-59(43)40-47)46-12-9-13-50(39-46)66(48-30-23-41(24-31-48)44-27-34-61-55(37-44)53-16-3-7-20-60(53)67-61)49-32-25-42(26-33-49)45-28-35-63-56(38-45)54-17-4-8-21-62(54)68-63/h1-40H. The van der Waals surface area contributed by atoms with Gasteiger partial charge in [0.2, 0.25) is 0 Å². The lowest BCUT2D eigenvalue weighted by atomic mass is 9.67. The highest BCUT2D eigenvalue weighted by molar-refractivity contribution is 7.25. The van der Waals surface area contributed by atoms with Crippen LogP contribution in [0.1, 0.15) is 22.3 Å². The number of benzene rings is 10. The lowest BCUT2D eigenvalue weighted by Crippen LogP contribution is -2.29. The minimum atomic E-state index is -0.603. The summed E-state index contributed by atoms with van der Waals surface area (Å²) in [4.78, 5) is 7.28. The van der Waals surface area contributed by atoms with Crippen LogP contribution in [0.4, 0.5) is 17.1 Å². The van der Waals surface area contributed by atoms with Gasteiger partial charge in [0.25, 0.3) is 0 Å². The van der Waals surface area contributed by atoms with Crippen LogP contribution in [0.25, 0.3) is 86.4 Å². The minimum absolute atomic E-state index is 0.603. The third-order valence-electron chi connectivity index (χ3n) is 14.2. The SMILES string of the molecule is c1cc(N(c2ccc(-c3ccc4oc5ccccc5c4c3)cc2)c2ccc(-c3ccc4sc5ccccc5c4c3)cc2)cc(C2(c3ccc4cccnc4c3)c3ccccc3-c3ccccc32)c1. The van der Waals surface area contributed by atoms with Gasteiger partial charge in [-0.2, -0.15) is 0 Å². The molecule has 0 saturated heterocycles. The third-order valence-corrected chi connectivity index (χ3v) is 15.4. The zero-order chi connectivity index (χ0) is 44.8. The first-order valence-electron chi connectivity index (χ1n) is 23.2. The number of aromatic nitrogens is 1. The third kappa shape index (κ3) is 5.94. The van der Waals surface area contributed by atoms with Crippen molar-refractivity contribution in [1.82, 2.24) is 4.98 Å². The molecule has 68 heavy (non-hydrogen) atoms. The topological polar surface area (TPSA) is 29.3 Å². The Hall–Kier alpha value is -8.57. The highest BCUT2D eigenvalue weighted by Gasteiger charge is 2.46. The normalized spacial score (nSPS) is 12.8. The summed E-state index contributed by atoms with van der Waals surface area (Å²) < 4.78 is 8.82. The monoisotopic (exact) mass is 884 g/mol. The van der Waals surface area contributed by atoms with E-state index in [0.29, 0.717) is 0 Å². The zero-order valence-corrected chi connectivity index (χ0v) is 37.6. The van der Waals surface area contributed by atoms with E-state index in [-0.39, 0.29) is 0 Å². The second-order valence-electron chi connectivity index (χ2n) is 17.8.